The summed E-state index contributed by atoms with van der Waals surface area (Å²) in [5.41, 5.74) is 0.504. The maximum absolute atomic E-state index is 13.7. The number of halogens is 2. The number of anilines is 2. The minimum atomic E-state index is -0.829. The topological polar surface area (TPSA) is 49.4 Å². The number of carbonyl (C=O) groups excluding carboxylic acids is 2. The van der Waals surface area contributed by atoms with Gasteiger partial charge in [0, 0.05) is 0 Å². The van der Waals surface area contributed by atoms with Crippen LogP contribution in [0, 0.1) is 11.6 Å². The lowest BCUT2D eigenvalue weighted by Gasteiger charge is -2.29. The number of fused-ring (bicyclic) bond motifs is 1. The van der Waals surface area contributed by atoms with Crippen LogP contribution in [0.5, 0.6) is 0 Å². The van der Waals surface area contributed by atoms with E-state index in [9.17, 15) is 18.4 Å². The standard InChI is InChI=1S/C15H10F2N2O2/c16-9-5-6-11(17)10(7-9)15(21)19-8-14(20)18-12-3-1-2-4-13(12)19/h1-7H,8H2,(H,18,20). The molecule has 4 nitrogen and oxygen atoms in total. The molecule has 2 aromatic carbocycles. The van der Waals surface area contributed by atoms with Crippen LogP contribution in [0.15, 0.2) is 42.5 Å². The molecule has 6 heteroatoms. The molecule has 0 unspecified atom stereocenters. The number of amides is 2. The highest BCUT2D eigenvalue weighted by molar-refractivity contribution is 6.15. The second-order valence-electron chi connectivity index (χ2n) is 4.58. The largest absolute Gasteiger partial charge is 0.323 e. The zero-order valence-corrected chi connectivity index (χ0v) is 10.8. The minimum Gasteiger partial charge on any atom is -0.323 e. The first kappa shape index (κ1) is 13.2. The number of nitrogens with one attached hydrogen (secondary N) is 1. The molecule has 1 aliphatic rings. The van der Waals surface area contributed by atoms with Crippen molar-refractivity contribution in [2.24, 2.45) is 0 Å². The average molecular weight is 288 g/mol. The van der Waals surface area contributed by atoms with E-state index in [1.165, 1.54) is 0 Å². The van der Waals surface area contributed by atoms with Crippen molar-refractivity contribution in [2.45, 2.75) is 0 Å². The number of para-hydroxylation sites is 2. The van der Waals surface area contributed by atoms with Crippen molar-refractivity contribution in [3.63, 3.8) is 0 Å². The maximum Gasteiger partial charge on any atom is 0.261 e. The van der Waals surface area contributed by atoms with Gasteiger partial charge in [-0.15, -0.1) is 0 Å². The summed E-state index contributed by atoms with van der Waals surface area (Å²) in [7, 11) is 0. The quantitative estimate of drug-likeness (QED) is 0.876. The first-order valence-corrected chi connectivity index (χ1v) is 6.22. The van der Waals surface area contributed by atoms with Gasteiger partial charge in [-0.05, 0) is 30.3 Å². The fraction of sp³-hybridized carbons (Fsp3) is 0.0667. The van der Waals surface area contributed by atoms with Crippen LogP contribution in [0.25, 0.3) is 0 Å². The van der Waals surface area contributed by atoms with E-state index in [1.807, 2.05) is 0 Å². The highest BCUT2D eigenvalue weighted by Gasteiger charge is 2.29. The van der Waals surface area contributed by atoms with Crippen LogP contribution in [0.1, 0.15) is 10.4 Å². The molecule has 0 saturated carbocycles. The van der Waals surface area contributed by atoms with E-state index < -0.39 is 23.1 Å². The molecule has 0 aromatic heterocycles. The van der Waals surface area contributed by atoms with E-state index in [0.29, 0.717) is 11.4 Å². The van der Waals surface area contributed by atoms with Gasteiger partial charge in [0.25, 0.3) is 5.91 Å². The van der Waals surface area contributed by atoms with Gasteiger partial charge in [0.15, 0.2) is 0 Å². The molecule has 3 rings (SSSR count). The second kappa shape index (κ2) is 4.97. The molecule has 106 valence electrons. The van der Waals surface area contributed by atoms with Gasteiger partial charge in [0.1, 0.15) is 18.2 Å². The Morgan fingerprint density at radius 2 is 1.90 bits per heavy atom. The molecule has 21 heavy (non-hydrogen) atoms. The molecule has 0 atom stereocenters. The molecule has 2 aromatic rings. The maximum atomic E-state index is 13.7. The number of rotatable bonds is 1. The van der Waals surface area contributed by atoms with Crippen molar-refractivity contribution < 1.29 is 18.4 Å². The Balaban J connectivity index is 2.06. The second-order valence-corrected chi connectivity index (χ2v) is 4.58. The van der Waals surface area contributed by atoms with Crippen molar-refractivity contribution >= 4 is 23.2 Å². The monoisotopic (exact) mass is 288 g/mol. The fourth-order valence-corrected chi connectivity index (χ4v) is 2.22. The molecular formula is C15H10F2N2O2. The van der Waals surface area contributed by atoms with Crippen LogP contribution >= 0.6 is 0 Å². The van der Waals surface area contributed by atoms with E-state index in [2.05, 4.69) is 5.32 Å². The Bertz CT molecular complexity index is 746. The third kappa shape index (κ3) is 2.35. The summed E-state index contributed by atoms with van der Waals surface area (Å²) in [5.74, 6) is -2.69. The molecule has 0 spiro atoms. The van der Waals surface area contributed by atoms with Crippen LogP contribution in [0.3, 0.4) is 0 Å². The van der Waals surface area contributed by atoms with Gasteiger partial charge in [-0.25, -0.2) is 8.78 Å². The zero-order chi connectivity index (χ0) is 15.0. The van der Waals surface area contributed by atoms with E-state index in [-0.39, 0.29) is 12.5 Å². The van der Waals surface area contributed by atoms with Crippen molar-refractivity contribution in [2.75, 3.05) is 16.8 Å². The van der Waals surface area contributed by atoms with Crippen LogP contribution in [0.4, 0.5) is 20.2 Å². The van der Waals surface area contributed by atoms with Crippen molar-refractivity contribution in [3.8, 4) is 0 Å². The highest BCUT2D eigenvalue weighted by Crippen LogP contribution is 2.30. The van der Waals surface area contributed by atoms with E-state index in [1.54, 1.807) is 24.3 Å². The summed E-state index contributed by atoms with van der Waals surface area (Å²) in [6.07, 6.45) is 0. The van der Waals surface area contributed by atoms with E-state index in [0.717, 1.165) is 23.1 Å². The summed E-state index contributed by atoms with van der Waals surface area (Å²) in [6.45, 7) is -0.244. The van der Waals surface area contributed by atoms with Gasteiger partial charge in [-0.3, -0.25) is 14.5 Å². The van der Waals surface area contributed by atoms with E-state index in [4.69, 9.17) is 0 Å². The molecule has 0 aliphatic carbocycles. The predicted octanol–water partition coefficient (Wildman–Crippen LogP) is 2.56. The lowest BCUT2D eigenvalue weighted by Crippen LogP contribution is -2.42. The summed E-state index contributed by atoms with van der Waals surface area (Å²) < 4.78 is 27.0. The summed E-state index contributed by atoms with van der Waals surface area (Å²) in [5, 5.41) is 2.62. The van der Waals surface area contributed by atoms with Crippen molar-refractivity contribution in [1.29, 1.82) is 0 Å². The third-order valence-electron chi connectivity index (χ3n) is 3.17. The van der Waals surface area contributed by atoms with Crippen molar-refractivity contribution in [3.05, 3.63) is 59.7 Å². The first-order valence-electron chi connectivity index (χ1n) is 6.22. The number of carbonyl (C=O) groups is 2. The zero-order valence-electron chi connectivity index (χ0n) is 10.8. The first-order chi connectivity index (χ1) is 10.1. The molecule has 0 saturated heterocycles. The molecule has 0 radical (unpaired) electrons. The summed E-state index contributed by atoms with van der Waals surface area (Å²) in [4.78, 5) is 25.2. The molecule has 1 N–H and O–H groups in total. The Hall–Kier alpha value is -2.76. The molecule has 2 amide bonds. The smallest absolute Gasteiger partial charge is 0.261 e. The Morgan fingerprint density at radius 3 is 2.71 bits per heavy atom. The summed E-state index contributed by atoms with van der Waals surface area (Å²) in [6, 6.07) is 9.31. The Kier molecular flexibility index (Phi) is 3.13. The van der Waals surface area contributed by atoms with E-state index >= 15 is 0 Å². The number of hydrogen-bond acceptors (Lipinski definition) is 2. The summed E-state index contributed by atoms with van der Waals surface area (Å²) >= 11 is 0. The average Bonchev–Trinajstić information content (AvgIpc) is 2.48. The molecule has 1 aliphatic heterocycles. The van der Waals surface area contributed by atoms with Gasteiger partial charge in [0.05, 0.1) is 16.9 Å². The van der Waals surface area contributed by atoms with Crippen LogP contribution in [-0.2, 0) is 4.79 Å². The van der Waals surface area contributed by atoms with Crippen molar-refractivity contribution in [1.82, 2.24) is 0 Å². The fourth-order valence-electron chi connectivity index (χ4n) is 2.22. The van der Waals surface area contributed by atoms with Gasteiger partial charge >= 0.3 is 0 Å². The number of hydrogen-bond donors (Lipinski definition) is 1. The van der Waals surface area contributed by atoms with Crippen LogP contribution in [-0.4, -0.2) is 18.4 Å². The highest BCUT2D eigenvalue weighted by atomic mass is 19.1. The van der Waals surface area contributed by atoms with Crippen LogP contribution in [0.2, 0.25) is 0 Å². The van der Waals surface area contributed by atoms with Gasteiger partial charge in [0.2, 0.25) is 5.91 Å². The third-order valence-corrected chi connectivity index (χ3v) is 3.17. The SMILES string of the molecule is O=C1CN(C(=O)c2cc(F)ccc2F)c2ccccc2N1. The predicted molar refractivity (Wildman–Crippen MR) is 73.1 cm³/mol. The normalized spacial score (nSPS) is 13.6. The molecule has 0 fully saturated rings. The van der Waals surface area contributed by atoms with Crippen LogP contribution < -0.4 is 10.2 Å². The van der Waals surface area contributed by atoms with Gasteiger partial charge in [-0.1, -0.05) is 12.1 Å². The van der Waals surface area contributed by atoms with Gasteiger partial charge in [-0.2, -0.15) is 0 Å². The Morgan fingerprint density at radius 1 is 1.14 bits per heavy atom. The lowest BCUT2D eigenvalue weighted by molar-refractivity contribution is -0.115. The molecular weight excluding hydrogens is 278 g/mol. The number of nitrogens with zero attached hydrogens (tertiary/aromatic N) is 1. The molecule has 1 heterocycles. The minimum absolute atomic E-state index is 0.244. The lowest BCUT2D eigenvalue weighted by atomic mass is 10.1. The van der Waals surface area contributed by atoms with Gasteiger partial charge < -0.3 is 5.32 Å². The number of benzene rings is 2. The molecule has 0 bridgehead atoms. The Labute approximate surface area is 119 Å².